The first kappa shape index (κ1) is 24.2. The minimum atomic E-state index is -3.88. The van der Waals surface area contributed by atoms with Crippen molar-refractivity contribution in [1.29, 1.82) is 0 Å². The SMILES string of the molecule is CCCCCCCC(F)CCOP(=O)(ON1CCOCC1)ON1CCOCC1. The molecule has 0 bridgehead atoms. The van der Waals surface area contributed by atoms with Crippen LogP contribution < -0.4 is 0 Å². The fourth-order valence-corrected chi connectivity index (χ4v) is 4.35. The van der Waals surface area contributed by atoms with Crippen molar-refractivity contribution < 1.29 is 32.2 Å². The zero-order chi connectivity index (χ0) is 20.1. The summed E-state index contributed by atoms with van der Waals surface area (Å²) in [5.41, 5.74) is 0. The number of morpholine rings is 2. The van der Waals surface area contributed by atoms with Crippen LogP contribution in [0.3, 0.4) is 0 Å². The Bertz CT molecular complexity index is 426. The molecule has 0 aromatic rings. The van der Waals surface area contributed by atoms with E-state index in [1.807, 2.05) is 0 Å². The number of hydroxylamine groups is 4. The topological polar surface area (TPSA) is 69.7 Å². The molecule has 0 radical (unpaired) electrons. The third-order valence-electron chi connectivity index (χ3n) is 4.67. The molecule has 166 valence electrons. The van der Waals surface area contributed by atoms with Crippen LogP contribution in [0.2, 0.25) is 0 Å². The number of halogens is 1. The van der Waals surface area contributed by atoms with Crippen molar-refractivity contribution >= 4 is 7.82 Å². The summed E-state index contributed by atoms with van der Waals surface area (Å²) in [6.45, 7) is 6.00. The quantitative estimate of drug-likeness (QED) is 0.307. The molecule has 0 saturated carbocycles. The van der Waals surface area contributed by atoms with Crippen molar-refractivity contribution in [3.8, 4) is 0 Å². The second-order valence-electron chi connectivity index (χ2n) is 7.12. The second-order valence-corrected chi connectivity index (χ2v) is 8.59. The van der Waals surface area contributed by atoms with E-state index >= 15 is 0 Å². The van der Waals surface area contributed by atoms with E-state index in [-0.39, 0.29) is 13.0 Å². The third kappa shape index (κ3) is 10.1. The highest BCUT2D eigenvalue weighted by Gasteiger charge is 2.35. The summed E-state index contributed by atoms with van der Waals surface area (Å²) < 4.78 is 54.3. The Hall–Kier alpha value is -0.120. The van der Waals surface area contributed by atoms with Crippen molar-refractivity contribution in [3.63, 3.8) is 0 Å². The van der Waals surface area contributed by atoms with Crippen LogP contribution in [0.4, 0.5) is 4.39 Å². The Kier molecular flexibility index (Phi) is 12.1. The van der Waals surface area contributed by atoms with Gasteiger partial charge in [0.1, 0.15) is 6.17 Å². The Morgan fingerprint density at radius 2 is 1.43 bits per heavy atom. The van der Waals surface area contributed by atoms with Crippen LogP contribution in [0.1, 0.15) is 51.9 Å². The van der Waals surface area contributed by atoms with Gasteiger partial charge in [0.2, 0.25) is 0 Å². The molecule has 2 heterocycles. The van der Waals surface area contributed by atoms with Crippen LogP contribution in [0.25, 0.3) is 0 Å². The summed E-state index contributed by atoms with van der Waals surface area (Å²) in [5.74, 6) is 0. The molecule has 2 aliphatic heterocycles. The van der Waals surface area contributed by atoms with Gasteiger partial charge in [-0.1, -0.05) is 39.0 Å². The van der Waals surface area contributed by atoms with Gasteiger partial charge in [-0.15, -0.1) is 0 Å². The van der Waals surface area contributed by atoms with Crippen molar-refractivity contribution in [2.45, 2.75) is 58.0 Å². The number of hydrogen-bond donors (Lipinski definition) is 0. The van der Waals surface area contributed by atoms with Crippen LogP contribution in [0.15, 0.2) is 0 Å². The first-order chi connectivity index (χ1) is 13.6. The van der Waals surface area contributed by atoms with Crippen molar-refractivity contribution in [3.05, 3.63) is 0 Å². The number of hydrogen-bond acceptors (Lipinski definition) is 8. The van der Waals surface area contributed by atoms with E-state index in [0.29, 0.717) is 59.0 Å². The van der Waals surface area contributed by atoms with E-state index in [2.05, 4.69) is 6.92 Å². The van der Waals surface area contributed by atoms with E-state index < -0.39 is 14.0 Å². The minimum Gasteiger partial charge on any atom is -0.379 e. The van der Waals surface area contributed by atoms with Gasteiger partial charge >= 0.3 is 7.82 Å². The van der Waals surface area contributed by atoms with E-state index in [4.69, 9.17) is 23.2 Å². The molecule has 2 aliphatic rings. The van der Waals surface area contributed by atoms with Gasteiger partial charge in [0, 0.05) is 32.6 Å². The first-order valence-corrected chi connectivity index (χ1v) is 12.0. The monoisotopic (exact) mass is 426 g/mol. The van der Waals surface area contributed by atoms with E-state index in [1.54, 1.807) is 0 Å². The lowest BCUT2D eigenvalue weighted by molar-refractivity contribution is -0.183. The highest BCUT2D eigenvalue weighted by atomic mass is 31.2. The number of unbranched alkanes of at least 4 members (excludes halogenated alkanes) is 4. The summed E-state index contributed by atoms with van der Waals surface area (Å²) in [7, 11) is -3.88. The van der Waals surface area contributed by atoms with Crippen LogP contribution in [-0.4, -0.2) is 75.5 Å². The highest BCUT2D eigenvalue weighted by molar-refractivity contribution is 7.48. The molecule has 2 saturated heterocycles. The first-order valence-electron chi connectivity index (χ1n) is 10.5. The maximum atomic E-state index is 14.1. The Balaban J connectivity index is 1.75. The molecular formula is C18H36FN2O6P. The Morgan fingerprint density at radius 3 is 1.96 bits per heavy atom. The molecule has 0 N–H and O–H groups in total. The molecular weight excluding hydrogens is 390 g/mol. The highest BCUT2D eigenvalue weighted by Crippen LogP contribution is 2.51. The fraction of sp³-hybridized carbons (Fsp3) is 1.00. The predicted octanol–water partition coefficient (Wildman–Crippen LogP) is 3.73. The van der Waals surface area contributed by atoms with Gasteiger partial charge in [0.25, 0.3) is 0 Å². The maximum Gasteiger partial charge on any atom is 0.508 e. The smallest absolute Gasteiger partial charge is 0.379 e. The Labute approximate surface area is 168 Å². The molecule has 0 aromatic carbocycles. The summed E-state index contributed by atoms with van der Waals surface area (Å²) in [5, 5.41) is 3.07. The molecule has 8 nitrogen and oxygen atoms in total. The number of alkyl halides is 1. The minimum absolute atomic E-state index is 0.0118. The summed E-state index contributed by atoms with van der Waals surface area (Å²) in [4.78, 5) is 0. The lowest BCUT2D eigenvalue weighted by Gasteiger charge is -2.32. The van der Waals surface area contributed by atoms with Crippen LogP contribution in [0, 0.1) is 0 Å². The molecule has 0 amide bonds. The van der Waals surface area contributed by atoms with Crippen LogP contribution >= 0.6 is 7.82 Å². The maximum absolute atomic E-state index is 14.1. The molecule has 0 spiro atoms. The molecule has 2 fully saturated rings. The number of nitrogens with zero attached hydrogens (tertiary/aromatic N) is 2. The Morgan fingerprint density at radius 1 is 0.893 bits per heavy atom. The van der Waals surface area contributed by atoms with E-state index in [0.717, 1.165) is 19.3 Å². The van der Waals surface area contributed by atoms with Gasteiger partial charge in [0.15, 0.2) is 0 Å². The summed E-state index contributed by atoms with van der Waals surface area (Å²) >= 11 is 0. The van der Waals surface area contributed by atoms with Crippen molar-refractivity contribution in [1.82, 2.24) is 10.1 Å². The standard InChI is InChI=1S/C18H36FN2O6P/c1-2-3-4-5-6-7-18(19)8-13-25-28(22,26-20-9-14-23-15-10-20)27-21-11-16-24-17-12-21/h18H,2-17H2,1H3. The molecule has 28 heavy (non-hydrogen) atoms. The zero-order valence-corrected chi connectivity index (χ0v) is 18.0. The third-order valence-corrected chi connectivity index (χ3v) is 6.03. The molecule has 0 aromatic heterocycles. The lowest BCUT2D eigenvalue weighted by Crippen LogP contribution is -2.39. The average Bonchev–Trinajstić information content (AvgIpc) is 2.69. The second kappa shape index (κ2) is 14.0. The molecule has 1 atom stereocenters. The average molecular weight is 426 g/mol. The van der Waals surface area contributed by atoms with E-state index in [9.17, 15) is 8.96 Å². The van der Waals surface area contributed by atoms with Gasteiger partial charge in [-0.25, -0.2) is 8.96 Å². The van der Waals surface area contributed by atoms with E-state index in [1.165, 1.54) is 23.0 Å². The van der Waals surface area contributed by atoms with Crippen molar-refractivity contribution in [2.75, 3.05) is 59.2 Å². The number of ether oxygens (including phenoxy) is 2. The molecule has 10 heteroatoms. The zero-order valence-electron chi connectivity index (χ0n) is 17.1. The van der Waals surface area contributed by atoms with Gasteiger partial charge in [-0.2, -0.15) is 19.4 Å². The molecule has 1 unspecified atom stereocenters. The summed E-state index contributed by atoms with van der Waals surface area (Å²) in [6.07, 6.45) is 5.15. The fourth-order valence-electron chi connectivity index (χ4n) is 3.01. The van der Waals surface area contributed by atoms with Crippen LogP contribution in [0.5, 0.6) is 0 Å². The molecule has 2 rings (SSSR count). The van der Waals surface area contributed by atoms with Gasteiger partial charge in [-0.05, 0) is 6.42 Å². The normalized spacial score (nSPS) is 21.1. The van der Waals surface area contributed by atoms with Gasteiger partial charge < -0.3 is 9.47 Å². The number of rotatable bonds is 14. The predicted molar refractivity (Wildman–Crippen MR) is 103 cm³/mol. The van der Waals surface area contributed by atoms with Crippen LogP contribution in [-0.2, 0) is 27.8 Å². The largest absolute Gasteiger partial charge is 0.508 e. The van der Waals surface area contributed by atoms with Gasteiger partial charge in [0.05, 0.1) is 33.0 Å². The molecule has 0 aliphatic carbocycles. The van der Waals surface area contributed by atoms with Crippen molar-refractivity contribution in [2.24, 2.45) is 0 Å². The van der Waals surface area contributed by atoms with Gasteiger partial charge in [-0.3, -0.25) is 4.52 Å². The number of phosphoric acid groups is 1. The summed E-state index contributed by atoms with van der Waals surface area (Å²) in [6, 6.07) is 0. The lowest BCUT2D eigenvalue weighted by atomic mass is 10.1.